The molecule has 0 fully saturated rings. The molecule has 1 amide bonds. The van der Waals surface area contributed by atoms with Crippen LogP contribution in [-0.2, 0) is 4.79 Å². The van der Waals surface area contributed by atoms with E-state index < -0.39 is 12.1 Å². The van der Waals surface area contributed by atoms with E-state index in [2.05, 4.69) is 24.1 Å². The van der Waals surface area contributed by atoms with Gasteiger partial charge in [-0.15, -0.1) is 0 Å². The molecule has 1 aromatic rings. The molecule has 150 valence electrons. The highest BCUT2D eigenvalue weighted by Gasteiger charge is 2.21. The molecule has 4 nitrogen and oxygen atoms in total. The van der Waals surface area contributed by atoms with E-state index in [-0.39, 0.29) is 12.5 Å². The molecule has 1 rings (SSSR count). The molecule has 0 saturated heterocycles. The lowest BCUT2D eigenvalue weighted by molar-refractivity contribution is -0.121. The molecular formula is C23H35NO3. The second kappa shape index (κ2) is 14.3. The van der Waals surface area contributed by atoms with Gasteiger partial charge in [-0.2, -0.15) is 0 Å². The molecule has 1 aromatic carbocycles. The number of aliphatic hydroxyl groups is 2. The van der Waals surface area contributed by atoms with E-state index in [0.717, 1.165) is 18.4 Å². The predicted molar refractivity (Wildman–Crippen MR) is 110 cm³/mol. The van der Waals surface area contributed by atoms with Gasteiger partial charge in [0.15, 0.2) is 0 Å². The smallest absolute Gasteiger partial charge is 0.217 e. The minimum absolute atomic E-state index is 0.283. The third kappa shape index (κ3) is 10.2. The van der Waals surface area contributed by atoms with Crippen molar-refractivity contribution >= 4 is 5.91 Å². The van der Waals surface area contributed by atoms with Crippen LogP contribution in [0.15, 0.2) is 24.3 Å². The molecule has 2 atom stereocenters. The zero-order valence-corrected chi connectivity index (χ0v) is 16.8. The highest BCUT2D eigenvalue weighted by atomic mass is 16.3. The van der Waals surface area contributed by atoms with E-state index in [1.165, 1.54) is 51.9 Å². The lowest BCUT2D eigenvalue weighted by atomic mass is 10.0. The fourth-order valence-electron chi connectivity index (χ4n) is 3.03. The summed E-state index contributed by atoms with van der Waals surface area (Å²) >= 11 is 0. The standard InChI is InChI=1S/C23H35NO3/c1-3-4-5-6-7-8-9-10-11-12-14-20-15-13-16-21(17-20)23(27)22(18-25)24-19(2)26/h13,15-17,22-23,25,27H,3-11,18H2,1-2H3,(H,24,26). The van der Waals surface area contributed by atoms with Crippen molar-refractivity contribution in [1.29, 1.82) is 0 Å². The van der Waals surface area contributed by atoms with Crippen molar-refractivity contribution in [2.24, 2.45) is 0 Å². The Morgan fingerprint density at radius 2 is 1.78 bits per heavy atom. The zero-order chi connectivity index (χ0) is 19.9. The summed E-state index contributed by atoms with van der Waals surface area (Å²) in [5.41, 5.74) is 1.48. The van der Waals surface area contributed by atoms with Crippen molar-refractivity contribution in [3.63, 3.8) is 0 Å². The second-order valence-corrected chi connectivity index (χ2v) is 7.09. The summed E-state index contributed by atoms with van der Waals surface area (Å²) in [7, 11) is 0. The van der Waals surface area contributed by atoms with Crippen LogP contribution in [0, 0.1) is 11.8 Å². The number of aliphatic hydroxyl groups excluding tert-OH is 2. The van der Waals surface area contributed by atoms with E-state index in [0.29, 0.717) is 5.56 Å². The SMILES string of the molecule is CCCCCCCCCCC#Cc1cccc(C(O)C(CO)NC(C)=O)c1. The van der Waals surface area contributed by atoms with E-state index in [9.17, 15) is 15.0 Å². The van der Waals surface area contributed by atoms with E-state index in [4.69, 9.17) is 0 Å². The molecule has 0 aliphatic carbocycles. The average Bonchev–Trinajstić information content (AvgIpc) is 2.67. The third-order valence-corrected chi connectivity index (χ3v) is 4.58. The number of carbonyl (C=O) groups is 1. The van der Waals surface area contributed by atoms with Crippen molar-refractivity contribution in [3.8, 4) is 11.8 Å². The fraction of sp³-hybridized carbons (Fsp3) is 0.609. The highest BCUT2D eigenvalue weighted by molar-refractivity contribution is 5.73. The predicted octanol–water partition coefficient (Wildman–Crippen LogP) is 4.10. The summed E-state index contributed by atoms with van der Waals surface area (Å²) in [6.07, 6.45) is 10.2. The number of amides is 1. The topological polar surface area (TPSA) is 69.6 Å². The zero-order valence-electron chi connectivity index (χ0n) is 16.8. The van der Waals surface area contributed by atoms with Crippen LogP contribution in [-0.4, -0.2) is 28.8 Å². The third-order valence-electron chi connectivity index (χ3n) is 4.58. The van der Waals surface area contributed by atoms with Gasteiger partial charge in [0.1, 0.15) is 6.10 Å². The van der Waals surface area contributed by atoms with Crippen LogP contribution in [0.1, 0.15) is 88.9 Å². The number of hydrogen-bond acceptors (Lipinski definition) is 3. The van der Waals surface area contributed by atoms with Gasteiger partial charge in [0.25, 0.3) is 0 Å². The van der Waals surface area contributed by atoms with Crippen molar-refractivity contribution in [2.75, 3.05) is 6.61 Å². The Hall–Kier alpha value is -1.83. The van der Waals surface area contributed by atoms with Gasteiger partial charge in [-0.25, -0.2) is 0 Å². The molecule has 2 unspecified atom stereocenters. The van der Waals surface area contributed by atoms with Crippen LogP contribution in [0.2, 0.25) is 0 Å². The van der Waals surface area contributed by atoms with E-state index in [1.807, 2.05) is 18.2 Å². The molecule has 0 aliphatic heterocycles. The Labute approximate surface area is 164 Å². The van der Waals surface area contributed by atoms with Gasteiger partial charge in [0.2, 0.25) is 5.91 Å². The fourth-order valence-corrected chi connectivity index (χ4v) is 3.03. The Balaban J connectivity index is 2.42. The monoisotopic (exact) mass is 373 g/mol. The summed E-state index contributed by atoms with van der Waals surface area (Å²) in [5, 5.41) is 22.3. The lowest BCUT2D eigenvalue weighted by Crippen LogP contribution is -2.40. The van der Waals surface area contributed by atoms with Gasteiger partial charge in [-0.3, -0.25) is 4.79 Å². The Kier molecular flexibility index (Phi) is 12.3. The van der Waals surface area contributed by atoms with E-state index in [1.54, 1.807) is 6.07 Å². The van der Waals surface area contributed by atoms with Crippen molar-refractivity contribution in [1.82, 2.24) is 5.32 Å². The Morgan fingerprint density at radius 1 is 1.11 bits per heavy atom. The quantitative estimate of drug-likeness (QED) is 0.382. The maximum atomic E-state index is 11.2. The van der Waals surface area contributed by atoms with Crippen LogP contribution < -0.4 is 5.32 Å². The summed E-state index contributed by atoms with van der Waals surface area (Å²) in [6.45, 7) is 3.28. The lowest BCUT2D eigenvalue weighted by Gasteiger charge is -2.22. The minimum atomic E-state index is -0.964. The summed E-state index contributed by atoms with van der Waals surface area (Å²) in [5.74, 6) is 6.07. The average molecular weight is 374 g/mol. The van der Waals surface area contributed by atoms with Gasteiger partial charge in [0.05, 0.1) is 12.6 Å². The number of hydrogen-bond donors (Lipinski definition) is 3. The molecule has 3 N–H and O–H groups in total. The first kappa shape index (κ1) is 23.2. The molecule has 4 heteroatoms. The molecule has 0 saturated carbocycles. The molecule has 27 heavy (non-hydrogen) atoms. The first-order valence-electron chi connectivity index (χ1n) is 10.2. The van der Waals surface area contributed by atoms with Crippen LogP contribution in [0.25, 0.3) is 0 Å². The maximum absolute atomic E-state index is 11.2. The van der Waals surface area contributed by atoms with Gasteiger partial charge in [0, 0.05) is 18.9 Å². The van der Waals surface area contributed by atoms with Crippen molar-refractivity contribution in [2.45, 2.75) is 83.8 Å². The van der Waals surface area contributed by atoms with Crippen molar-refractivity contribution in [3.05, 3.63) is 35.4 Å². The summed E-state index contributed by atoms with van der Waals surface area (Å²) in [6, 6.07) is 6.61. The Bertz CT molecular complexity index is 603. The molecule has 0 aromatic heterocycles. The summed E-state index contributed by atoms with van der Waals surface area (Å²) < 4.78 is 0. The van der Waals surface area contributed by atoms with E-state index >= 15 is 0 Å². The molecule has 0 aliphatic rings. The molecule has 0 radical (unpaired) electrons. The summed E-state index contributed by atoms with van der Waals surface area (Å²) in [4.78, 5) is 11.2. The van der Waals surface area contributed by atoms with Crippen molar-refractivity contribution < 1.29 is 15.0 Å². The van der Waals surface area contributed by atoms with Crippen LogP contribution >= 0.6 is 0 Å². The number of carbonyl (C=O) groups excluding carboxylic acids is 1. The minimum Gasteiger partial charge on any atom is -0.394 e. The second-order valence-electron chi connectivity index (χ2n) is 7.09. The number of rotatable bonds is 12. The van der Waals surface area contributed by atoms with Crippen LogP contribution in [0.3, 0.4) is 0 Å². The molecule has 0 heterocycles. The normalized spacial score (nSPS) is 12.7. The molecule has 0 bridgehead atoms. The first-order valence-corrected chi connectivity index (χ1v) is 10.2. The largest absolute Gasteiger partial charge is 0.394 e. The highest BCUT2D eigenvalue weighted by Crippen LogP contribution is 2.18. The number of nitrogens with one attached hydrogen (secondary N) is 1. The van der Waals surface area contributed by atoms with Gasteiger partial charge >= 0.3 is 0 Å². The maximum Gasteiger partial charge on any atom is 0.217 e. The van der Waals surface area contributed by atoms with Gasteiger partial charge in [-0.05, 0) is 24.1 Å². The molecule has 0 spiro atoms. The number of unbranched alkanes of at least 4 members (excludes halogenated alkanes) is 8. The first-order chi connectivity index (χ1) is 13.1. The van der Waals surface area contributed by atoms with Gasteiger partial charge in [-0.1, -0.05) is 75.8 Å². The number of benzene rings is 1. The van der Waals surface area contributed by atoms with Crippen LogP contribution in [0.5, 0.6) is 0 Å². The van der Waals surface area contributed by atoms with Crippen LogP contribution in [0.4, 0.5) is 0 Å². The molecular weight excluding hydrogens is 338 g/mol. The Morgan fingerprint density at radius 3 is 2.41 bits per heavy atom. The van der Waals surface area contributed by atoms with Gasteiger partial charge < -0.3 is 15.5 Å².